The van der Waals surface area contributed by atoms with E-state index in [-0.39, 0.29) is 11.9 Å². The Kier molecular flexibility index (Phi) is 3.87. The number of carbonyl (C=O) groups is 1. The van der Waals surface area contributed by atoms with Crippen LogP contribution >= 0.6 is 11.3 Å². The fourth-order valence-corrected chi connectivity index (χ4v) is 3.92. The second-order valence-electron chi connectivity index (χ2n) is 5.90. The van der Waals surface area contributed by atoms with E-state index in [0.29, 0.717) is 10.6 Å². The molecule has 1 aromatic heterocycles. The number of nitrogens with one attached hydrogen (secondary N) is 1. The van der Waals surface area contributed by atoms with Crippen LogP contribution in [0.25, 0.3) is 10.1 Å². The number of nitrogen functional groups attached to an aromatic ring is 1. The molecule has 0 saturated carbocycles. The van der Waals surface area contributed by atoms with Crippen LogP contribution < -0.4 is 11.1 Å². The van der Waals surface area contributed by atoms with Gasteiger partial charge in [-0.1, -0.05) is 12.1 Å². The Labute approximate surface area is 128 Å². The van der Waals surface area contributed by atoms with E-state index in [2.05, 4.69) is 23.3 Å². The van der Waals surface area contributed by atoms with Gasteiger partial charge in [-0.3, -0.25) is 4.79 Å². The molecule has 21 heavy (non-hydrogen) atoms. The molecule has 1 saturated heterocycles. The molecule has 0 aliphatic carbocycles. The van der Waals surface area contributed by atoms with Crippen molar-refractivity contribution in [3.8, 4) is 0 Å². The second-order valence-corrected chi connectivity index (χ2v) is 6.95. The number of piperidine rings is 1. The molecule has 0 radical (unpaired) electrons. The minimum Gasteiger partial charge on any atom is -0.397 e. The Morgan fingerprint density at radius 2 is 2.10 bits per heavy atom. The van der Waals surface area contributed by atoms with E-state index in [0.717, 1.165) is 36.0 Å². The van der Waals surface area contributed by atoms with Gasteiger partial charge in [0, 0.05) is 16.1 Å². The number of hydrogen-bond acceptors (Lipinski definition) is 4. The first-order chi connectivity index (χ1) is 10.0. The van der Waals surface area contributed by atoms with Gasteiger partial charge in [-0.05, 0) is 51.5 Å². The Hall–Kier alpha value is -1.59. The largest absolute Gasteiger partial charge is 0.397 e. The number of anilines is 1. The fraction of sp³-hybridized carbons (Fsp3) is 0.438. The third-order valence-corrected chi connectivity index (χ3v) is 5.31. The maximum Gasteiger partial charge on any atom is 0.263 e. The van der Waals surface area contributed by atoms with Crippen molar-refractivity contribution in [2.75, 3.05) is 25.9 Å². The van der Waals surface area contributed by atoms with Crippen molar-refractivity contribution in [2.45, 2.75) is 25.8 Å². The number of likely N-dealkylation sites (tertiary alicyclic amines) is 1. The van der Waals surface area contributed by atoms with Crippen LogP contribution in [0.4, 0.5) is 5.69 Å². The van der Waals surface area contributed by atoms with Gasteiger partial charge in [-0.25, -0.2) is 0 Å². The van der Waals surface area contributed by atoms with Gasteiger partial charge in [-0.2, -0.15) is 0 Å². The molecule has 2 heterocycles. The molecule has 0 bridgehead atoms. The van der Waals surface area contributed by atoms with Gasteiger partial charge in [0.1, 0.15) is 4.88 Å². The van der Waals surface area contributed by atoms with E-state index in [9.17, 15) is 4.79 Å². The minimum absolute atomic E-state index is 0.0269. The van der Waals surface area contributed by atoms with Crippen LogP contribution in [0.3, 0.4) is 0 Å². The lowest BCUT2D eigenvalue weighted by Crippen LogP contribution is -2.43. The number of nitrogens with zero attached hydrogens (tertiary/aromatic N) is 1. The number of fused-ring (bicyclic) bond motifs is 1. The van der Waals surface area contributed by atoms with E-state index in [1.54, 1.807) is 0 Å². The molecule has 1 aliphatic rings. The first-order valence-electron chi connectivity index (χ1n) is 7.32. The molecule has 4 nitrogen and oxygen atoms in total. The normalized spacial score (nSPS) is 17.2. The SMILES string of the molecule is Cc1ccc2c(N)c(C(=O)NC3CCN(C)CC3)sc2c1. The highest BCUT2D eigenvalue weighted by Crippen LogP contribution is 2.34. The summed E-state index contributed by atoms with van der Waals surface area (Å²) in [5.74, 6) is -0.0269. The highest BCUT2D eigenvalue weighted by atomic mass is 32.1. The summed E-state index contributed by atoms with van der Waals surface area (Å²) < 4.78 is 1.08. The molecule has 1 aromatic carbocycles. The van der Waals surface area contributed by atoms with Crippen molar-refractivity contribution in [1.82, 2.24) is 10.2 Å². The Morgan fingerprint density at radius 3 is 2.81 bits per heavy atom. The number of thiophene rings is 1. The molecule has 3 rings (SSSR count). The molecule has 5 heteroatoms. The summed E-state index contributed by atoms with van der Waals surface area (Å²) in [6, 6.07) is 6.38. The van der Waals surface area contributed by atoms with Gasteiger partial charge in [0.2, 0.25) is 0 Å². The third-order valence-electron chi connectivity index (χ3n) is 4.14. The van der Waals surface area contributed by atoms with E-state index < -0.39 is 0 Å². The summed E-state index contributed by atoms with van der Waals surface area (Å²) in [6.45, 7) is 4.12. The summed E-state index contributed by atoms with van der Waals surface area (Å²) in [6.07, 6.45) is 2.01. The maximum absolute atomic E-state index is 12.5. The molecular weight excluding hydrogens is 282 g/mol. The number of amides is 1. The lowest BCUT2D eigenvalue weighted by Gasteiger charge is -2.29. The molecule has 2 aromatic rings. The number of nitrogens with two attached hydrogens (primary N) is 1. The van der Waals surface area contributed by atoms with Gasteiger partial charge >= 0.3 is 0 Å². The number of hydrogen-bond donors (Lipinski definition) is 2. The summed E-state index contributed by atoms with van der Waals surface area (Å²) >= 11 is 1.49. The third kappa shape index (κ3) is 2.89. The molecule has 1 aliphatic heterocycles. The average molecular weight is 303 g/mol. The van der Waals surface area contributed by atoms with Crippen LogP contribution in [0.15, 0.2) is 18.2 Å². The van der Waals surface area contributed by atoms with Crippen LogP contribution in [0.5, 0.6) is 0 Å². The molecule has 1 fully saturated rings. The number of rotatable bonds is 2. The van der Waals surface area contributed by atoms with Gasteiger partial charge in [-0.15, -0.1) is 11.3 Å². The predicted molar refractivity (Wildman–Crippen MR) is 89.0 cm³/mol. The van der Waals surface area contributed by atoms with Crippen LogP contribution in [-0.2, 0) is 0 Å². The highest BCUT2D eigenvalue weighted by molar-refractivity contribution is 7.21. The number of carbonyl (C=O) groups excluding carboxylic acids is 1. The highest BCUT2D eigenvalue weighted by Gasteiger charge is 2.22. The first kappa shape index (κ1) is 14.4. The van der Waals surface area contributed by atoms with Gasteiger partial charge in [0.15, 0.2) is 0 Å². The van der Waals surface area contributed by atoms with Crippen LogP contribution in [-0.4, -0.2) is 37.0 Å². The van der Waals surface area contributed by atoms with Crippen LogP contribution in [0.1, 0.15) is 28.1 Å². The van der Waals surface area contributed by atoms with E-state index in [1.807, 2.05) is 19.1 Å². The zero-order chi connectivity index (χ0) is 15.0. The predicted octanol–water partition coefficient (Wildman–Crippen LogP) is 2.62. The van der Waals surface area contributed by atoms with Crippen molar-refractivity contribution in [1.29, 1.82) is 0 Å². The topological polar surface area (TPSA) is 58.4 Å². The molecule has 0 atom stereocenters. The lowest BCUT2D eigenvalue weighted by molar-refractivity contribution is 0.0922. The van der Waals surface area contributed by atoms with Crippen molar-refractivity contribution in [3.63, 3.8) is 0 Å². The quantitative estimate of drug-likeness (QED) is 0.896. The summed E-state index contributed by atoms with van der Waals surface area (Å²) in [7, 11) is 2.12. The summed E-state index contributed by atoms with van der Waals surface area (Å²) in [5, 5.41) is 4.12. The summed E-state index contributed by atoms with van der Waals surface area (Å²) in [4.78, 5) is 15.4. The smallest absolute Gasteiger partial charge is 0.263 e. The summed E-state index contributed by atoms with van der Waals surface area (Å²) in [5.41, 5.74) is 7.96. The van der Waals surface area contributed by atoms with Crippen molar-refractivity contribution in [2.24, 2.45) is 0 Å². The van der Waals surface area contributed by atoms with Crippen molar-refractivity contribution >= 4 is 33.0 Å². The fourth-order valence-electron chi connectivity index (χ4n) is 2.80. The van der Waals surface area contributed by atoms with Crippen LogP contribution in [0, 0.1) is 6.92 Å². The lowest BCUT2D eigenvalue weighted by atomic mass is 10.1. The molecule has 3 N–H and O–H groups in total. The second kappa shape index (κ2) is 5.66. The monoisotopic (exact) mass is 303 g/mol. The minimum atomic E-state index is -0.0269. The standard InChI is InChI=1S/C16H21N3OS/c1-10-3-4-12-13(9-10)21-15(14(12)17)16(20)18-11-5-7-19(2)8-6-11/h3-4,9,11H,5-8,17H2,1-2H3,(H,18,20). The molecule has 1 amide bonds. The molecule has 0 spiro atoms. The van der Waals surface area contributed by atoms with E-state index in [4.69, 9.17) is 5.73 Å². The first-order valence-corrected chi connectivity index (χ1v) is 8.14. The maximum atomic E-state index is 12.5. The molecule has 0 unspecified atom stereocenters. The zero-order valence-corrected chi connectivity index (χ0v) is 13.3. The number of benzene rings is 1. The van der Waals surface area contributed by atoms with Gasteiger partial charge in [0.25, 0.3) is 5.91 Å². The van der Waals surface area contributed by atoms with E-state index >= 15 is 0 Å². The Morgan fingerprint density at radius 1 is 1.38 bits per heavy atom. The zero-order valence-electron chi connectivity index (χ0n) is 12.5. The van der Waals surface area contributed by atoms with Crippen molar-refractivity contribution in [3.05, 3.63) is 28.6 Å². The Bertz CT molecular complexity index is 671. The molecular formula is C16H21N3OS. The van der Waals surface area contributed by atoms with Gasteiger partial charge < -0.3 is 16.0 Å². The van der Waals surface area contributed by atoms with Crippen LogP contribution in [0.2, 0.25) is 0 Å². The number of aryl methyl sites for hydroxylation is 1. The molecule has 112 valence electrons. The van der Waals surface area contributed by atoms with Crippen molar-refractivity contribution < 1.29 is 4.79 Å². The average Bonchev–Trinajstić information content (AvgIpc) is 2.78. The Balaban J connectivity index is 1.80. The van der Waals surface area contributed by atoms with Gasteiger partial charge in [0.05, 0.1) is 5.69 Å². The van der Waals surface area contributed by atoms with E-state index in [1.165, 1.54) is 16.9 Å².